The Balaban J connectivity index is 1.40. The zero-order valence-corrected chi connectivity index (χ0v) is 38.0. The molecule has 3 fully saturated rings. The predicted molar refractivity (Wildman–Crippen MR) is 228 cm³/mol. The second kappa shape index (κ2) is 19.8. The Morgan fingerprint density at radius 3 is 2.40 bits per heavy atom. The van der Waals surface area contributed by atoms with Crippen LogP contribution in [0.4, 0.5) is 10.5 Å². The van der Waals surface area contributed by atoms with E-state index in [1.807, 2.05) is 91.1 Å². The van der Waals surface area contributed by atoms with Crippen LogP contribution >= 0.6 is 0 Å². The molecular weight excluding hydrogens is 771 g/mol. The van der Waals surface area contributed by atoms with Crippen molar-refractivity contribution in [2.75, 3.05) is 47.1 Å². The van der Waals surface area contributed by atoms with E-state index in [1.54, 1.807) is 23.6 Å². The number of nitrogens with two attached hydrogens (primary N) is 1. The van der Waals surface area contributed by atoms with Crippen molar-refractivity contribution in [3.8, 4) is 11.3 Å². The molecular formula is C44H73N7O9. The molecule has 5 rings (SSSR count). The highest BCUT2D eigenvalue weighted by Crippen LogP contribution is 2.42. The average molecular weight is 844 g/mol. The standard InChI is InChI=1S/C44H73N7O9/c1-13-35-44(8)38(51(42(55)60-44)20-15-14-19-50-25-33(46-47-50)31-17-16-18-32(45)22-31)30(6)49(11)24-26(2)23-43(7,56-12)39(28(4)36(52)29(5)40(54)58-35)59-41-37(53)34(48(9)10)21-27(3)57-41/h16-18,22,25-30,34-39,41,52-53H,13-15,19-21,23-24,45H2,1-12H3/t26-,27-,28+,29-,30-,34?,35-,36?,37?,38-,39-,41+,43-,44-/m1/s1. The maximum absolute atomic E-state index is 14.2. The van der Waals surface area contributed by atoms with Crippen molar-refractivity contribution in [2.45, 2.75) is 160 Å². The van der Waals surface area contributed by atoms with Gasteiger partial charge in [-0.3, -0.25) is 14.4 Å². The number of carbonyl (C=O) groups is 2. The van der Waals surface area contributed by atoms with Crippen molar-refractivity contribution in [3.05, 3.63) is 30.5 Å². The molecule has 16 nitrogen and oxygen atoms in total. The zero-order chi connectivity index (χ0) is 44.3. The first-order valence-corrected chi connectivity index (χ1v) is 21.8. The molecule has 16 heteroatoms. The van der Waals surface area contributed by atoms with E-state index in [0.29, 0.717) is 51.0 Å². The first kappa shape index (κ1) is 47.7. The number of carbonyl (C=O) groups excluding carboxylic acids is 2. The number of aliphatic hydroxyl groups excluding tert-OH is 2. The monoisotopic (exact) mass is 844 g/mol. The minimum absolute atomic E-state index is 0.0310. The van der Waals surface area contributed by atoms with Crippen LogP contribution in [0.3, 0.4) is 0 Å². The second-order valence-corrected chi connectivity index (χ2v) is 18.5. The number of methoxy groups -OCH3 is 1. The number of benzene rings is 1. The van der Waals surface area contributed by atoms with Gasteiger partial charge in [-0.2, -0.15) is 0 Å². The number of rotatable bonds is 11. The van der Waals surface area contributed by atoms with Crippen LogP contribution in [0.1, 0.15) is 87.5 Å². The van der Waals surface area contributed by atoms with Crippen molar-refractivity contribution >= 4 is 17.7 Å². The fourth-order valence-electron chi connectivity index (χ4n) is 9.97. The normalized spacial score (nSPS) is 37.6. The van der Waals surface area contributed by atoms with Crippen LogP contribution in [0.2, 0.25) is 0 Å². The summed E-state index contributed by atoms with van der Waals surface area (Å²) < 4.78 is 33.7. The molecule has 60 heavy (non-hydrogen) atoms. The average Bonchev–Trinajstić information content (AvgIpc) is 3.78. The fraction of sp³-hybridized carbons (Fsp3) is 0.773. The minimum Gasteiger partial charge on any atom is -0.458 e. The molecule has 14 atom stereocenters. The molecule has 3 unspecified atom stereocenters. The summed E-state index contributed by atoms with van der Waals surface area (Å²) in [6.45, 7) is 17.0. The quantitative estimate of drug-likeness (QED) is 0.164. The maximum atomic E-state index is 14.2. The number of esters is 1. The van der Waals surface area contributed by atoms with Crippen molar-refractivity contribution in [1.29, 1.82) is 0 Å². The molecule has 338 valence electrons. The molecule has 1 amide bonds. The Kier molecular flexibility index (Phi) is 15.7. The first-order valence-electron chi connectivity index (χ1n) is 21.8. The number of aromatic nitrogens is 3. The van der Waals surface area contributed by atoms with Gasteiger partial charge in [-0.1, -0.05) is 38.1 Å². The third-order valence-corrected chi connectivity index (χ3v) is 13.5. The topological polar surface area (TPSA) is 187 Å². The summed E-state index contributed by atoms with van der Waals surface area (Å²) in [6.07, 6.45) is -0.626. The number of fused-ring (bicyclic) bond motifs is 1. The third-order valence-electron chi connectivity index (χ3n) is 13.5. The number of unbranched alkanes of at least 4 members (excludes halogenated alkanes) is 1. The molecule has 1 aromatic heterocycles. The lowest BCUT2D eigenvalue weighted by Crippen LogP contribution is -2.61. The van der Waals surface area contributed by atoms with Crippen LogP contribution < -0.4 is 5.73 Å². The summed E-state index contributed by atoms with van der Waals surface area (Å²) >= 11 is 0. The molecule has 3 aliphatic heterocycles. The molecule has 2 aromatic rings. The Morgan fingerprint density at radius 1 is 1.05 bits per heavy atom. The summed E-state index contributed by atoms with van der Waals surface area (Å²) in [5.74, 6) is -2.23. The molecule has 1 aromatic carbocycles. The number of cyclic esters (lactones) is 1. The van der Waals surface area contributed by atoms with Crippen LogP contribution in [0.5, 0.6) is 0 Å². The number of aryl methyl sites for hydroxylation is 1. The van der Waals surface area contributed by atoms with Crippen LogP contribution in [-0.4, -0.2) is 159 Å². The smallest absolute Gasteiger partial charge is 0.410 e. The zero-order valence-electron chi connectivity index (χ0n) is 38.0. The Bertz CT molecular complexity index is 1730. The van der Waals surface area contributed by atoms with Crippen molar-refractivity contribution in [1.82, 2.24) is 29.7 Å². The summed E-state index contributed by atoms with van der Waals surface area (Å²) in [7, 11) is 7.51. The Morgan fingerprint density at radius 2 is 1.75 bits per heavy atom. The molecule has 4 heterocycles. The van der Waals surface area contributed by atoms with E-state index in [4.69, 9.17) is 29.4 Å². The number of anilines is 1. The maximum Gasteiger partial charge on any atom is 0.410 e. The highest BCUT2D eigenvalue weighted by Gasteiger charge is 2.59. The number of hydrogen-bond donors (Lipinski definition) is 3. The molecule has 0 bridgehead atoms. The van der Waals surface area contributed by atoms with E-state index in [1.165, 1.54) is 0 Å². The highest BCUT2D eigenvalue weighted by molar-refractivity contribution is 5.74. The van der Waals surface area contributed by atoms with Gasteiger partial charge in [0.1, 0.15) is 17.9 Å². The molecule has 3 saturated heterocycles. The Labute approximate surface area is 357 Å². The number of nitrogen functional groups attached to an aromatic ring is 1. The van der Waals surface area contributed by atoms with Crippen molar-refractivity contribution in [3.63, 3.8) is 0 Å². The highest BCUT2D eigenvalue weighted by atomic mass is 16.7. The number of hydrogen-bond acceptors (Lipinski definition) is 14. The first-order chi connectivity index (χ1) is 28.2. The summed E-state index contributed by atoms with van der Waals surface area (Å²) in [5.41, 5.74) is 6.07. The molecule has 0 saturated carbocycles. The van der Waals surface area contributed by atoms with E-state index in [0.717, 1.165) is 17.7 Å². The van der Waals surface area contributed by atoms with Gasteiger partial charge >= 0.3 is 12.1 Å². The second-order valence-electron chi connectivity index (χ2n) is 18.5. The predicted octanol–water partition coefficient (Wildman–Crippen LogP) is 4.42. The van der Waals surface area contributed by atoms with E-state index >= 15 is 0 Å². The summed E-state index contributed by atoms with van der Waals surface area (Å²) in [4.78, 5) is 34.1. The summed E-state index contributed by atoms with van der Waals surface area (Å²) in [5, 5.41) is 32.2. The number of nitrogens with zero attached hydrogens (tertiary/aromatic N) is 6. The van der Waals surface area contributed by atoms with Gasteiger partial charge in [-0.25, -0.2) is 4.79 Å². The third kappa shape index (κ3) is 10.3. The largest absolute Gasteiger partial charge is 0.458 e. The van der Waals surface area contributed by atoms with Gasteiger partial charge < -0.3 is 49.4 Å². The fourth-order valence-corrected chi connectivity index (χ4v) is 9.97. The summed E-state index contributed by atoms with van der Waals surface area (Å²) in [6, 6.07) is 6.61. The van der Waals surface area contributed by atoms with Gasteiger partial charge in [-0.15, -0.1) is 5.10 Å². The van der Waals surface area contributed by atoms with Crippen molar-refractivity contribution < 1.29 is 43.5 Å². The lowest BCUT2D eigenvalue weighted by Gasteiger charge is -2.48. The lowest BCUT2D eigenvalue weighted by atomic mass is 9.77. The van der Waals surface area contributed by atoms with E-state index in [9.17, 15) is 19.8 Å². The van der Waals surface area contributed by atoms with Gasteiger partial charge in [0, 0.05) is 56.0 Å². The van der Waals surface area contributed by atoms with Gasteiger partial charge in [-0.05, 0) is 106 Å². The molecule has 0 radical (unpaired) electrons. The van der Waals surface area contributed by atoms with Crippen LogP contribution in [0.25, 0.3) is 11.3 Å². The van der Waals surface area contributed by atoms with Crippen LogP contribution in [0, 0.1) is 17.8 Å². The van der Waals surface area contributed by atoms with E-state index < -0.39 is 71.8 Å². The number of likely N-dealkylation sites (N-methyl/N-ethyl adjacent to an activating group) is 2. The van der Waals surface area contributed by atoms with Gasteiger partial charge in [0.25, 0.3) is 0 Å². The number of ether oxygens (including phenoxy) is 5. The SMILES string of the molecule is CC[C@H]1OC(=O)[C@H](C)C(O)[C@H](C)[C@@H](O[C@@H]2O[C@H](C)CC(N(C)C)C2O)[C@](C)(OC)C[C@@H](C)CN(C)[C@H](C)[C@H]2N(CCCCn3cc(-c4cccc(N)c4)nn3)C(=O)O[C@]12C. The van der Waals surface area contributed by atoms with E-state index in [2.05, 4.69) is 29.1 Å². The number of amides is 1. The molecule has 3 aliphatic rings. The molecule has 0 aliphatic carbocycles. The number of aliphatic hydroxyl groups is 2. The Hall–Kier alpha value is -3.38. The van der Waals surface area contributed by atoms with Crippen LogP contribution in [-0.2, 0) is 35.0 Å². The van der Waals surface area contributed by atoms with Crippen molar-refractivity contribution in [2.24, 2.45) is 17.8 Å². The van der Waals surface area contributed by atoms with Gasteiger partial charge in [0.15, 0.2) is 11.9 Å². The van der Waals surface area contributed by atoms with E-state index in [-0.39, 0.29) is 24.1 Å². The lowest BCUT2D eigenvalue weighted by molar-refractivity contribution is -0.301. The molecule has 4 N–H and O–H groups in total. The minimum atomic E-state index is -1.22. The van der Waals surface area contributed by atoms with Gasteiger partial charge in [0.05, 0.1) is 42.1 Å². The van der Waals surface area contributed by atoms with Gasteiger partial charge in [0.2, 0.25) is 0 Å². The van der Waals surface area contributed by atoms with Crippen LogP contribution in [0.15, 0.2) is 30.5 Å². The molecule has 0 spiro atoms.